The van der Waals surface area contributed by atoms with Crippen LogP contribution in [0.3, 0.4) is 0 Å². The lowest BCUT2D eigenvalue weighted by Gasteiger charge is -2.33. The molecule has 0 aliphatic carbocycles. The number of imidazole rings is 1. The summed E-state index contributed by atoms with van der Waals surface area (Å²) >= 11 is 6.42. The van der Waals surface area contributed by atoms with Crippen molar-refractivity contribution in [1.29, 1.82) is 0 Å². The Balaban J connectivity index is 0.000000727. The van der Waals surface area contributed by atoms with Crippen LogP contribution in [0.4, 0.5) is 32.0 Å². The number of piperidine rings is 1. The molecule has 2 aliphatic heterocycles. The Labute approximate surface area is 285 Å². The van der Waals surface area contributed by atoms with Crippen molar-refractivity contribution >= 4 is 41.0 Å². The van der Waals surface area contributed by atoms with Crippen LogP contribution in [0, 0.1) is 17.6 Å². The van der Waals surface area contributed by atoms with Gasteiger partial charge in [-0.1, -0.05) is 11.6 Å². The lowest BCUT2D eigenvalue weighted by atomic mass is 9.95. The Morgan fingerprint density at radius 3 is 2.22 bits per heavy atom. The van der Waals surface area contributed by atoms with Crippen LogP contribution in [0.1, 0.15) is 33.8 Å². The van der Waals surface area contributed by atoms with Crippen LogP contribution < -0.4 is 15.8 Å². The van der Waals surface area contributed by atoms with Crippen molar-refractivity contribution in [2.45, 2.75) is 31.2 Å². The number of amides is 3. The summed E-state index contributed by atoms with van der Waals surface area (Å²) in [5.41, 5.74) is 6.29. The molecule has 270 valence electrons. The standard InChI is InChI=1S/C29H30ClF3N6O4.C2HF3O2/c1-37-22(18-5-6-23(43-2)25(33)24(18)32)12-35-26(37)27(40)36-16-3-4-17(19(30)11-16)29(42)38-9-7-15(8-10-38)28(41)39-13-20(31)21(34)14-39;3-2(4,5)1(6)7/h3-6,11-12,15,20-21H,7-10,13-14,34H2,1-2H3,(H,36,40);(H,6,7)/t20-,21-;/m0./s1. The molecule has 50 heavy (non-hydrogen) atoms. The summed E-state index contributed by atoms with van der Waals surface area (Å²) in [6.45, 7) is 0.868. The number of likely N-dealkylation sites (tertiary alicyclic amines) is 2. The number of aromatic nitrogens is 2. The number of carbonyl (C=O) groups is 4. The predicted molar refractivity (Wildman–Crippen MR) is 166 cm³/mol. The van der Waals surface area contributed by atoms with Crippen molar-refractivity contribution < 1.29 is 55.4 Å². The fourth-order valence-electron chi connectivity index (χ4n) is 5.44. The predicted octanol–water partition coefficient (Wildman–Crippen LogP) is 4.27. The van der Waals surface area contributed by atoms with Crippen LogP contribution >= 0.6 is 11.6 Å². The average molecular weight is 733 g/mol. The molecule has 19 heteroatoms. The molecule has 0 unspecified atom stereocenters. The molecular weight excluding hydrogens is 702 g/mol. The van der Waals surface area contributed by atoms with Crippen molar-refractivity contribution in [2.75, 3.05) is 38.6 Å². The number of alkyl halides is 4. The number of methoxy groups -OCH3 is 1. The summed E-state index contributed by atoms with van der Waals surface area (Å²) < 4.78 is 80.5. The van der Waals surface area contributed by atoms with Crippen molar-refractivity contribution in [3.8, 4) is 17.0 Å². The van der Waals surface area contributed by atoms with E-state index < -0.39 is 41.9 Å². The van der Waals surface area contributed by atoms with Gasteiger partial charge in [0.1, 0.15) is 6.17 Å². The van der Waals surface area contributed by atoms with Gasteiger partial charge in [-0.3, -0.25) is 14.4 Å². The van der Waals surface area contributed by atoms with E-state index in [4.69, 9.17) is 32.0 Å². The van der Waals surface area contributed by atoms with Crippen LogP contribution in [-0.2, 0) is 16.6 Å². The summed E-state index contributed by atoms with van der Waals surface area (Å²) in [7, 11) is 2.71. The smallest absolute Gasteiger partial charge is 0.490 e. The van der Waals surface area contributed by atoms with Gasteiger partial charge in [-0.2, -0.15) is 17.6 Å². The Kier molecular flexibility index (Phi) is 11.7. The van der Waals surface area contributed by atoms with E-state index in [0.29, 0.717) is 25.9 Å². The molecule has 2 fully saturated rings. The van der Waals surface area contributed by atoms with Gasteiger partial charge in [-0.15, -0.1) is 0 Å². The molecule has 3 amide bonds. The van der Waals surface area contributed by atoms with E-state index in [1.165, 1.54) is 60.2 Å². The van der Waals surface area contributed by atoms with Crippen LogP contribution in [0.2, 0.25) is 5.02 Å². The van der Waals surface area contributed by atoms with Crippen molar-refractivity contribution in [1.82, 2.24) is 19.4 Å². The number of nitrogens with one attached hydrogen (secondary N) is 1. The first-order chi connectivity index (χ1) is 23.4. The number of hydrogen-bond acceptors (Lipinski definition) is 7. The quantitative estimate of drug-likeness (QED) is 0.317. The van der Waals surface area contributed by atoms with Crippen molar-refractivity contribution in [3.63, 3.8) is 0 Å². The third-order valence-electron chi connectivity index (χ3n) is 8.17. The monoisotopic (exact) mass is 732 g/mol. The molecular formula is C31H31ClF6N6O6. The minimum atomic E-state index is -5.08. The van der Waals surface area contributed by atoms with E-state index in [-0.39, 0.29) is 69.9 Å². The normalized spacial score (nSPS) is 18.0. The van der Waals surface area contributed by atoms with E-state index in [0.717, 1.165) is 0 Å². The first-order valence-electron chi connectivity index (χ1n) is 14.9. The van der Waals surface area contributed by atoms with Gasteiger partial charge in [0, 0.05) is 43.9 Å². The SMILES string of the molecule is COc1ccc(-c2cnc(C(=O)Nc3ccc(C(=O)N4CCC(C(=O)N5C[C@H](N)[C@@H](F)C5)CC4)c(Cl)c3)n2C)c(F)c1F.O=C(O)C(F)(F)F. The average Bonchev–Trinajstić information content (AvgIpc) is 3.62. The molecule has 2 aromatic carbocycles. The first-order valence-corrected chi connectivity index (χ1v) is 15.2. The van der Waals surface area contributed by atoms with E-state index in [9.17, 15) is 40.7 Å². The minimum absolute atomic E-state index is 0.000152. The second kappa shape index (κ2) is 15.4. The van der Waals surface area contributed by atoms with Gasteiger partial charge in [0.15, 0.2) is 17.4 Å². The van der Waals surface area contributed by atoms with E-state index in [1.54, 1.807) is 4.90 Å². The summed E-state index contributed by atoms with van der Waals surface area (Å²) in [6.07, 6.45) is -4.17. The van der Waals surface area contributed by atoms with Gasteiger partial charge in [0.2, 0.25) is 11.7 Å². The number of nitrogens with two attached hydrogens (primary N) is 1. The van der Waals surface area contributed by atoms with Gasteiger partial charge in [-0.25, -0.2) is 18.6 Å². The van der Waals surface area contributed by atoms with Gasteiger partial charge in [-0.05, 0) is 43.2 Å². The van der Waals surface area contributed by atoms with Crippen LogP contribution in [0.15, 0.2) is 36.5 Å². The maximum Gasteiger partial charge on any atom is 0.490 e. The third kappa shape index (κ3) is 8.30. The molecule has 12 nitrogen and oxygen atoms in total. The molecule has 4 N–H and O–H groups in total. The fraction of sp³-hybridized carbons (Fsp3) is 0.387. The molecule has 5 rings (SSSR count). The molecule has 0 bridgehead atoms. The summed E-state index contributed by atoms with van der Waals surface area (Å²) in [4.78, 5) is 54.9. The second-order valence-corrected chi connectivity index (χ2v) is 11.8. The molecule has 0 spiro atoms. The lowest BCUT2D eigenvalue weighted by molar-refractivity contribution is -0.192. The number of hydrogen-bond donors (Lipinski definition) is 3. The van der Waals surface area contributed by atoms with Gasteiger partial charge >= 0.3 is 12.1 Å². The van der Waals surface area contributed by atoms with Crippen LogP contribution in [0.25, 0.3) is 11.3 Å². The zero-order chi connectivity index (χ0) is 37.1. The lowest BCUT2D eigenvalue weighted by Crippen LogP contribution is -2.44. The third-order valence-corrected chi connectivity index (χ3v) is 8.48. The fourth-order valence-corrected chi connectivity index (χ4v) is 5.70. The van der Waals surface area contributed by atoms with E-state index in [1.807, 2.05) is 0 Å². The number of benzene rings is 2. The highest BCUT2D eigenvalue weighted by molar-refractivity contribution is 6.34. The number of aliphatic carboxylic acids is 1. The Morgan fingerprint density at radius 2 is 1.68 bits per heavy atom. The molecule has 2 atom stereocenters. The zero-order valence-electron chi connectivity index (χ0n) is 26.4. The number of carbonyl (C=O) groups excluding carboxylic acids is 3. The van der Waals surface area contributed by atoms with E-state index in [2.05, 4.69) is 10.3 Å². The minimum Gasteiger partial charge on any atom is -0.494 e. The maximum absolute atomic E-state index is 14.6. The van der Waals surface area contributed by atoms with Crippen LogP contribution in [0.5, 0.6) is 5.75 Å². The number of nitrogens with zero attached hydrogens (tertiary/aromatic N) is 4. The number of carboxylic acid groups (broad SMARTS) is 1. The molecule has 2 saturated heterocycles. The number of carboxylic acids is 1. The summed E-state index contributed by atoms with van der Waals surface area (Å²) in [6, 6.07) is 6.37. The molecule has 2 aliphatic rings. The number of halogens is 7. The largest absolute Gasteiger partial charge is 0.494 e. The summed E-state index contributed by atoms with van der Waals surface area (Å²) in [5.74, 6) is -6.76. The van der Waals surface area contributed by atoms with E-state index >= 15 is 0 Å². The molecule has 1 aromatic heterocycles. The van der Waals surface area contributed by atoms with Gasteiger partial charge in [0.05, 0.1) is 42.2 Å². The molecule has 0 saturated carbocycles. The molecule has 3 heterocycles. The number of rotatable bonds is 6. The van der Waals surface area contributed by atoms with Gasteiger partial charge < -0.3 is 35.3 Å². The molecule has 3 aromatic rings. The number of ether oxygens (including phenoxy) is 1. The highest BCUT2D eigenvalue weighted by atomic mass is 35.5. The second-order valence-electron chi connectivity index (χ2n) is 11.4. The highest BCUT2D eigenvalue weighted by Crippen LogP contribution is 2.31. The number of anilines is 1. The topological polar surface area (TPSA) is 160 Å². The Bertz CT molecular complexity index is 1770. The summed E-state index contributed by atoms with van der Waals surface area (Å²) in [5, 5.41) is 9.88. The van der Waals surface area contributed by atoms with Crippen molar-refractivity contribution in [3.05, 3.63) is 64.6 Å². The zero-order valence-corrected chi connectivity index (χ0v) is 27.2. The first kappa shape index (κ1) is 38.0. The van der Waals surface area contributed by atoms with Gasteiger partial charge in [0.25, 0.3) is 11.8 Å². The Morgan fingerprint density at radius 1 is 1.04 bits per heavy atom. The Hall–Kier alpha value is -4.84. The molecule has 0 radical (unpaired) electrons. The van der Waals surface area contributed by atoms with Crippen molar-refractivity contribution in [2.24, 2.45) is 18.7 Å². The highest BCUT2D eigenvalue weighted by Gasteiger charge is 2.39. The maximum atomic E-state index is 14.6. The van der Waals surface area contributed by atoms with Crippen LogP contribution in [-0.4, -0.2) is 99.8 Å².